The molecule has 0 atom stereocenters. The van der Waals surface area contributed by atoms with E-state index in [4.69, 9.17) is 0 Å². The van der Waals surface area contributed by atoms with Crippen molar-refractivity contribution >= 4 is 37.1 Å². The van der Waals surface area contributed by atoms with Crippen LogP contribution in [0.5, 0.6) is 0 Å². The summed E-state index contributed by atoms with van der Waals surface area (Å²) in [7, 11) is -1.10. The quantitative estimate of drug-likeness (QED) is 0.240. The molecule has 0 fully saturated rings. The summed E-state index contributed by atoms with van der Waals surface area (Å²) in [5, 5.41) is 5.77. The molecule has 0 radical (unpaired) electrons. The topological polar surface area (TPSA) is 0 Å². The van der Waals surface area contributed by atoms with Crippen molar-refractivity contribution in [3.8, 4) is 0 Å². The summed E-state index contributed by atoms with van der Waals surface area (Å²) in [5.74, 6) is 0. The Hall–Kier alpha value is -1.77. The van der Waals surface area contributed by atoms with Crippen molar-refractivity contribution in [2.24, 2.45) is 0 Å². The molecule has 0 spiro atoms. The van der Waals surface area contributed by atoms with E-state index in [1.54, 1.807) is 0 Å². The van der Waals surface area contributed by atoms with Gasteiger partial charge in [0.15, 0.2) is 0 Å². The monoisotopic (exact) mass is 470 g/mol. The van der Waals surface area contributed by atoms with Crippen LogP contribution in [0.1, 0.15) is 13.8 Å². The van der Waals surface area contributed by atoms with Crippen molar-refractivity contribution in [1.82, 2.24) is 0 Å². The Morgan fingerprint density at radius 3 is 0.800 bits per heavy atom. The van der Waals surface area contributed by atoms with Crippen LogP contribution < -0.4 is 21.2 Å². The van der Waals surface area contributed by atoms with Crippen molar-refractivity contribution in [2.75, 3.05) is 0 Å². The summed E-state index contributed by atoms with van der Waals surface area (Å²) in [6, 6.07) is 44.4. The van der Waals surface area contributed by atoms with Gasteiger partial charge in [-0.25, -0.2) is 0 Å². The van der Waals surface area contributed by atoms with E-state index in [9.17, 15) is 0 Å². The van der Waals surface area contributed by atoms with Crippen LogP contribution in [0.15, 0.2) is 121 Å². The van der Waals surface area contributed by atoms with Crippen LogP contribution in [-0.4, -0.2) is 4.90 Å². The van der Waals surface area contributed by atoms with Gasteiger partial charge in [-0.15, -0.1) is 0 Å². The average molecular weight is 471 g/mol. The van der Waals surface area contributed by atoms with Gasteiger partial charge in [-0.1, -0.05) is 135 Å². The van der Waals surface area contributed by atoms with Crippen molar-refractivity contribution in [3.63, 3.8) is 0 Å². The molecule has 0 heterocycles. The van der Waals surface area contributed by atoms with Crippen molar-refractivity contribution in [3.05, 3.63) is 121 Å². The minimum Gasteiger partial charge on any atom is -0.0622 e. The Morgan fingerprint density at radius 1 is 0.400 bits per heavy atom. The first kappa shape index (κ1) is 22.9. The molecule has 0 amide bonds. The number of hydrogen-bond donors (Lipinski definition) is 0. The minimum atomic E-state index is -0.552. The SMILES string of the molecule is CC(C)(P(c1ccccc1)c1ccccc1)P(c1ccccc1)c1ccccc1.[Ni+2]. The molecule has 0 saturated heterocycles. The van der Waals surface area contributed by atoms with Crippen LogP contribution in [0, 0.1) is 0 Å². The van der Waals surface area contributed by atoms with Gasteiger partial charge in [0, 0.05) is 4.90 Å². The number of benzene rings is 4. The summed E-state index contributed by atoms with van der Waals surface area (Å²) in [4.78, 5) is 0.0794. The number of rotatable bonds is 6. The van der Waals surface area contributed by atoms with Crippen LogP contribution in [0.3, 0.4) is 0 Å². The predicted octanol–water partition coefficient (Wildman–Crippen LogP) is 5.99. The Labute approximate surface area is 193 Å². The molecule has 0 aliphatic carbocycles. The van der Waals surface area contributed by atoms with E-state index in [2.05, 4.69) is 135 Å². The van der Waals surface area contributed by atoms with Gasteiger partial charge in [-0.05, 0) is 37.1 Å². The fourth-order valence-electron chi connectivity index (χ4n) is 3.97. The van der Waals surface area contributed by atoms with E-state index in [1.807, 2.05) is 0 Å². The molecular weight excluding hydrogens is 445 g/mol. The van der Waals surface area contributed by atoms with E-state index in [0.29, 0.717) is 0 Å². The van der Waals surface area contributed by atoms with Crippen LogP contribution in [0.2, 0.25) is 0 Å². The Morgan fingerprint density at radius 2 is 0.600 bits per heavy atom. The Kier molecular flexibility index (Phi) is 8.02. The first-order valence-corrected chi connectivity index (χ1v) is 12.7. The van der Waals surface area contributed by atoms with Gasteiger partial charge in [-0.3, -0.25) is 0 Å². The zero-order chi connectivity index (χ0) is 20.1. The third kappa shape index (κ3) is 4.93. The van der Waals surface area contributed by atoms with E-state index in [-0.39, 0.29) is 21.4 Å². The number of hydrogen-bond acceptors (Lipinski definition) is 0. The zero-order valence-electron chi connectivity index (χ0n) is 17.3. The van der Waals surface area contributed by atoms with Gasteiger partial charge < -0.3 is 0 Å². The largest absolute Gasteiger partial charge is 2.00 e. The van der Waals surface area contributed by atoms with Gasteiger partial charge in [0.2, 0.25) is 0 Å². The van der Waals surface area contributed by atoms with Gasteiger partial charge in [0.1, 0.15) is 0 Å². The average Bonchev–Trinajstić information content (AvgIpc) is 2.77. The summed E-state index contributed by atoms with van der Waals surface area (Å²) in [6.45, 7) is 4.95. The zero-order valence-corrected chi connectivity index (χ0v) is 20.0. The second-order valence-electron chi connectivity index (χ2n) is 7.51. The fraction of sp³-hybridized carbons (Fsp3) is 0.111. The summed E-state index contributed by atoms with van der Waals surface area (Å²) in [5.41, 5.74) is 0. The smallest absolute Gasteiger partial charge is 0.0622 e. The summed E-state index contributed by atoms with van der Waals surface area (Å²) >= 11 is 0. The summed E-state index contributed by atoms with van der Waals surface area (Å²) in [6.07, 6.45) is 0. The summed E-state index contributed by atoms with van der Waals surface area (Å²) < 4.78 is 0. The molecule has 0 bridgehead atoms. The Balaban J connectivity index is 0.00000256. The second kappa shape index (κ2) is 10.5. The molecule has 0 unspecified atom stereocenters. The standard InChI is InChI=1S/C27H26P2.Ni/c1-27(2,28(23-15-7-3-8-16-23)24-17-9-4-10-18-24)29(25-19-11-5-12-20-25)26-21-13-6-14-22-26;/h3-22H,1-2H3;/q;+2. The molecule has 0 N–H and O–H groups in total. The van der Waals surface area contributed by atoms with Crippen LogP contribution in [0.25, 0.3) is 0 Å². The molecule has 4 rings (SSSR count). The van der Waals surface area contributed by atoms with Gasteiger partial charge in [0.25, 0.3) is 0 Å². The van der Waals surface area contributed by atoms with E-state index < -0.39 is 15.8 Å². The Bertz CT molecular complexity index is 855. The molecule has 30 heavy (non-hydrogen) atoms. The minimum absolute atomic E-state index is 0. The molecule has 0 aliphatic rings. The molecular formula is C27H26NiP2+2. The second-order valence-corrected chi connectivity index (χ2v) is 13.5. The maximum atomic E-state index is 2.48. The van der Waals surface area contributed by atoms with Crippen LogP contribution in [-0.2, 0) is 16.5 Å². The molecule has 4 aromatic carbocycles. The van der Waals surface area contributed by atoms with Crippen molar-refractivity contribution in [1.29, 1.82) is 0 Å². The third-order valence-corrected chi connectivity index (χ3v) is 11.8. The van der Waals surface area contributed by atoms with Crippen LogP contribution in [0.4, 0.5) is 0 Å². The maximum absolute atomic E-state index is 2.48. The molecule has 0 nitrogen and oxygen atoms in total. The van der Waals surface area contributed by atoms with Gasteiger partial charge in [-0.2, -0.15) is 0 Å². The first-order chi connectivity index (χ1) is 14.2. The van der Waals surface area contributed by atoms with E-state index in [1.165, 1.54) is 21.2 Å². The van der Waals surface area contributed by atoms with Crippen molar-refractivity contribution in [2.45, 2.75) is 18.7 Å². The first-order valence-electron chi connectivity index (χ1n) is 9.98. The molecule has 4 aromatic rings. The fourth-order valence-corrected chi connectivity index (χ4v) is 11.2. The van der Waals surface area contributed by atoms with Gasteiger partial charge in [0.05, 0.1) is 0 Å². The van der Waals surface area contributed by atoms with Gasteiger partial charge >= 0.3 is 16.5 Å². The normalized spacial score (nSPS) is 11.3. The maximum Gasteiger partial charge on any atom is 2.00 e. The molecule has 0 saturated carbocycles. The molecule has 0 aromatic heterocycles. The molecule has 152 valence electrons. The van der Waals surface area contributed by atoms with Crippen LogP contribution >= 0.6 is 15.8 Å². The van der Waals surface area contributed by atoms with Crippen molar-refractivity contribution < 1.29 is 16.5 Å². The van der Waals surface area contributed by atoms with E-state index >= 15 is 0 Å². The predicted molar refractivity (Wildman–Crippen MR) is 132 cm³/mol. The van der Waals surface area contributed by atoms with E-state index in [0.717, 1.165) is 0 Å². The molecule has 3 heteroatoms. The third-order valence-electron chi connectivity index (χ3n) is 5.15. The molecule has 0 aliphatic heterocycles.